The van der Waals surface area contributed by atoms with Gasteiger partial charge in [-0.25, -0.2) is 14.8 Å². The number of carbonyl (C=O) groups excluding carboxylic acids is 2. The summed E-state index contributed by atoms with van der Waals surface area (Å²) < 4.78 is 7.29. The van der Waals surface area contributed by atoms with Crippen LogP contribution in [-0.2, 0) is 30.7 Å². The Hall–Kier alpha value is -3.57. The highest BCUT2D eigenvalue weighted by atomic mass is 17.2. The van der Waals surface area contributed by atoms with Gasteiger partial charge in [0.25, 0.3) is 5.91 Å². The van der Waals surface area contributed by atoms with Gasteiger partial charge in [0.15, 0.2) is 5.82 Å². The maximum atomic E-state index is 13.8. The number of nitrogens with one attached hydrogen (secondary N) is 1. The van der Waals surface area contributed by atoms with Gasteiger partial charge in [-0.15, -0.1) is 0 Å². The lowest BCUT2D eigenvalue weighted by Gasteiger charge is -2.29. The van der Waals surface area contributed by atoms with Gasteiger partial charge >= 0.3 is 0 Å². The number of rotatable bonds is 12. The van der Waals surface area contributed by atoms with Crippen molar-refractivity contribution in [3.05, 3.63) is 84.3 Å². The topological polar surface area (TPSA) is 121 Å². The molecule has 1 saturated heterocycles. The van der Waals surface area contributed by atoms with Crippen molar-refractivity contribution in [1.82, 2.24) is 14.5 Å². The van der Waals surface area contributed by atoms with Gasteiger partial charge in [-0.05, 0) is 24.0 Å². The summed E-state index contributed by atoms with van der Waals surface area (Å²) in [5.41, 5.74) is 7.83. The molecule has 0 bridgehead atoms. The van der Waals surface area contributed by atoms with Crippen molar-refractivity contribution in [1.29, 1.82) is 0 Å². The van der Waals surface area contributed by atoms with E-state index in [1.54, 1.807) is 17.1 Å². The van der Waals surface area contributed by atoms with Gasteiger partial charge in [0, 0.05) is 12.7 Å². The van der Waals surface area contributed by atoms with Crippen molar-refractivity contribution in [3.63, 3.8) is 0 Å². The fourth-order valence-corrected chi connectivity index (χ4v) is 4.40. The van der Waals surface area contributed by atoms with Gasteiger partial charge in [-0.2, -0.15) is 0 Å². The lowest BCUT2D eigenvalue weighted by atomic mass is 10.0. The number of aromatic nitrogens is 2. The van der Waals surface area contributed by atoms with Crippen molar-refractivity contribution >= 4 is 17.6 Å². The molecular formula is C27H33N5O5. The lowest BCUT2D eigenvalue weighted by Crippen LogP contribution is -2.42. The molecule has 196 valence electrons. The molecule has 10 nitrogen and oxygen atoms in total. The SMILES string of the molecule is COOCC1CCCN1C(=O)C(c1ccccc1)n1cnc(NC(=O)C(N)COCc2ccccc2)c1. The third-order valence-corrected chi connectivity index (χ3v) is 6.28. The van der Waals surface area contributed by atoms with Crippen molar-refractivity contribution in [2.45, 2.75) is 37.6 Å². The quantitative estimate of drug-likeness (QED) is 0.285. The number of anilines is 1. The molecule has 3 unspecified atom stereocenters. The number of nitrogens with zero attached hydrogens (tertiary/aromatic N) is 3. The maximum absolute atomic E-state index is 13.8. The molecule has 2 aromatic carbocycles. The van der Waals surface area contributed by atoms with Crippen LogP contribution in [0.4, 0.5) is 5.82 Å². The molecule has 0 spiro atoms. The Morgan fingerprint density at radius 1 is 1.14 bits per heavy atom. The summed E-state index contributed by atoms with van der Waals surface area (Å²) in [6, 6.07) is 17.5. The molecule has 1 aliphatic rings. The minimum atomic E-state index is -0.869. The Bertz CT molecular complexity index is 1140. The van der Waals surface area contributed by atoms with Gasteiger partial charge < -0.3 is 25.3 Å². The van der Waals surface area contributed by atoms with E-state index < -0.39 is 18.0 Å². The predicted octanol–water partition coefficient (Wildman–Crippen LogP) is 2.52. The molecule has 3 atom stereocenters. The standard InChI is InChI=1S/C27H33N5O5/c1-35-37-17-22-13-8-14-32(22)27(34)25(21-11-6-3-7-12-21)31-15-24(29-19-31)30-26(33)23(28)18-36-16-20-9-4-2-5-10-20/h2-7,9-12,15,19,22-23,25H,8,13-14,16-18,28H2,1H3,(H,30,33). The Balaban J connectivity index is 1.42. The van der Waals surface area contributed by atoms with Gasteiger partial charge in [0.2, 0.25) is 5.91 Å². The van der Waals surface area contributed by atoms with Crippen LogP contribution < -0.4 is 11.1 Å². The number of hydrogen-bond acceptors (Lipinski definition) is 7. The zero-order valence-corrected chi connectivity index (χ0v) is 20.9. The first-order chi connectivity index (χ1) is 18.1. The molecule has 37 heavy (non-hydrogen) atoms. The summed E-state index contributed by atoms with van der Waals surface area (Å²) in [7, 11) is 1.45. The van der Waals surface area contributed by atoms with Crippen LogP contribution in [0.1, 0.15) is 30.0 Å². The van der Waals surface area contributed by atoms with Crippen LogP contribution >= 0.6 is 0 Å². The van der Waals surface area contributed by atoms with Crippen LogP contribution in [0.3, 0.4) is 0 Å². The Labute approximate surface area is 216 Å². The monoisotopic (exact) mass is 507 g/mol. The molecule has 2 heterocycles. The van der Waals surface area contributed by atoms with Crippen molar-refractivity contribution in [2.75, 3.05) is 32.2 Å². The average molecular weight is 508 g/mol. The number of amides is 2. The van der Waals surface area contributed by atoms with Crippen LogP contribution in [0, 0.1) is 0 Å². The molecule has 3 aromatic rings. The lowest BCUT2D eigenvalue weighted by molar-refractivity contribution is -0.278. The van der Waals surface area contributed by atoms with Crippen molar-refractivity contribution in [2.24, 2.45) is 5.73 Å². The van der Waals surface area contributed by atoms with Gasteiger partial charge in [-0.1, -0.05) is 60.7 Å². The number of hydrogen-bond donors (Lipinski definition) is 2. The normalized spacial score (nSPS) is 16.9. The molecule has 3 N–H and O–H groups in total. The number of benzene rings is 2. The molecular weight excluding hydrogens is 474 g/mol. The zero-order chi connectivity index (χ0) is 26.0. The smallest absolute Gasteiger partial charge is 0.250 e. The fraction of sp³-hybridized carbons (Fsp3) is 0.370. The highest BCUT2D eigenvalue weighted by molar-refractivity contribution is 5.94. The summed E-state index contributed by atoms with van der Waals surface area (Å²) in [4.78, 5) is 42.4. The largest absolute Gasteiger partial charge is 0.375 e. The fourth-order valence-electron chi connectivity index (χ4n) is 4.40. The van der Waals surface area contributed by atoms with Crippen LogP contribution in [0.25, 0.3) is 0 Å². The second-order valence-corrected chi connectivity index (χ2v) is 8.89. The average Bonchev–Trinajstić information content (AvgIpc) is 3.58. The minimum absolute atomic E-state index is 0.0620. The van der Waals surface area contributed by atoms with E-state index in [4.69, 9.17) is 20.2 Å². The maximum Gasteiger partial charge on any atom is 0.250 e. The van der Waals surface area contributed by atoms with Gasteiger partial charge in [0.1, 0.15) is 18.7 Å². The van der Waals surface area contributed by atoms with E-state index >= 15 is 0 Å². The first kappa shape index (κ1) is 26.5. The van der Waals surface area contributed by atoms with E-state index in [-0.39, 0.29) is 18.6 Å². The highest BCUT2D eigenvalue weighted by Gasteiger charge is 2.35. The predicted molar refractivity (Wildman–Crippen MR) is 137 cm³/mol. The Morgan fingerprint density at radius 3 is 2.59 bits per heavy atom. The van der Waals surface area contributed by atoms with Crippen LogP contribution in [0.2, 0.25) is 0 Å². The minimum Gasteiger partial charge on any atom is -0.375 e. The van der Waals surface area contributed by atoms with E-state index in [9.17, 15) is 9.59 Å². The molecule has 2 amide bonds. The number of carbonyl (C=O) groups is 2. The summed E-state index contributed by atoms with van der Waals surface area (Å²) in [5, 5.41) is 2.72. The number of imidazole rings is 1. The highest BCUT2D eigenvalue weighted by Crippen LogP contribution is 2.27. The van der Waals surface area contributed by atoms with E-state index in [0.717, 1.165) is 24.0 Å². The summed E-state index contributed by atoms with van der Waals surface area (Å²) in [6.45, 7) is 1.37. The van der Waals surface area contributed by atoms with Crippen molar-refractivity contribution in [3.8, 4) is 0 Å². The first-order valence-corrected chi connectivity index (χ1v) is 12.3. The van der Waals surface area contributed by atoms with Crippen LogP contribution in [-0.4, -0.2) is 65.2 Å². The molecule has 1 aliphatic heterocycles. The van der Waals surface area contributed by atoms with E-state index in [0.29, 0.717) is 25.6 Å². The molecule has 0 radical (unpaired) electrons. The first-order valence-electron chi connectivity index (χ1n) is 12.3. The molecule has 10 heteroatoms. The summed E-state index contributed by atoms with van der Waals surface area (Å²) >= 11 is 0. The Kier molecular flexibility index (Phi) is 9.39. The third kappa shape index (κ3) is 7.01. The van der Waals surface area contributed by atoms with Gasteiger partial charge in [0.05, 0.1) is 32.7 Å². The van der Waals surface area contributed by atoms with E-state index in [1.165, 1.54) is 7.11 Å². The second kappa shape index (κ2) is 13.1. The zero-order valence-electron chi connectivity index (χ0n) is 20.9. The molecule has 0 saturated carbocycles. The number of nitrogens with two attached hydrogens (primary N) is 1. The summed E-state index contributed by atoms with van der Waals surface area (Å²) in [6.07, 6.45) is 4.91. The van der Waals surface area contributed by atoms with Crippen molar-refractivity contribution < 1.29 is 24.1 Å². The van der Waals surface area contributed by atoms with Crippen LogP contribution in [0.15, 0.2) is 73.2 Å². The number of likely N-dealkylation sites (tertiary alicyclic amines) is 1. The molecule has 1 aromatic heterocycles. The van der Waals surface area contributed by atoms with Gasteiger partial charge in [-0.3, -0.25) is 9.59 Å². The van der Waals surface area contributed by atoms with Crippen LogP contribution in [0.5, 0.6) is 0 Å². The molecule has 1 fully saturated rings. The van der Waals surface area contributed by atoms with E-state index in [1.807, 2.05) is 65.6 Å². The third-order valence-electron chi connectivity index (χ3n) is 6.28. The van der Waals surface area contributed by atoms with E-state index in [2.05, 4.69) is 10.3 Å². The molecule has 0 aliphatic carbocycles. The number of ether oxygens (including phenoxy) is 1. The molecule has 4 rings (SSSR count). The summed E-state index contributed by atoms with van der Waals surface area (Å²) in [5.74, 6) is -0.190. The second-order valence-electron chi connectivity index (χ2n) is 8.89. The Morgan fingerprint density at radius 2 is 1.86 bits per heavy atom.